The van der Waals surface area contributed by atoms with E-state index in [0.717, 1.165) is 6.42 Å². The zero-order chi connectivity index (χ0) is 12.9. The monoisotopic (exact) mass is 261 g/mol. The van der Waals surface area contributed by atoms with Crippen molar-refractivity contribution in [2.45, 2.75) is 39.0 Å². The molecule has 1 fully saturated rings. The Bertz CT molecular complexity index is 248. The molecule has 1 rings (SSSR count). The molecule has 0 spiro atoms. The van der Waals surface area contributed by atoms with E-state index in [-0.39, 0.29) is 11.5 Å². The molecule has 1 heterocycles. The number of hydrogen-bond donors (Lipinski definition) is 0. The maximum atomic E-state index is 12.1. The van der Waals surface area contributed by atoms with Gasteiger partial charge in [0.2, 0.25) is 5.72 Å². The number of hydrogen-bond acceptors (Lipinski definition) is 5. The second kappa shape index (κ2) is 6.60. The molecule has 100 valence electrons. The largest absolute Gasteiger partial charge is 0.373 e. The number of nitrogens with zero attached hydrogens (tertiary/aromatic N) is 1. The molecule has 0 saturated carbocycles. The molecule has 0 aromatic carbocycles. The highest BCUT2D eigenvalue weighted by Gasteiger charge is 2.55. The Morgan fingerprint density at radius 2 is 2.06 bits per heavy atom. The van der Waals surface area contributed by atoms with Gasteiger partial charge in [0.15, 0.2) is 5.41 Å². The van der Waals surface area contributed by atoms with Gasteiger partial charge in [-0.2, -0.15) is 0 Å². The zero-order valence-electron chi connectivity index (χ0n) is 11.2. The first-order valence-corrected chi connectivity index (χ1v) is 7.30. The Labute approximate surface area is 106 Å². The van der Waals surface area contributed by atoms with E-state index < -0.39 is 5.72 Å². The molecule has 1 aliphatic rings. The summed E-state index contributed by atoms with van der Waals surface area (Å²) in [5.74, 6) is 0. The average molecular weight is 261 g/mol. The van der Waals surface area contributed by atoms with Crippen molar-refractivity contribution in [1.29, 1.82) is 0 Å². The van der Waals surface area contributed by atoms with Crippen molar-refractivity contribution in [3.8, 4) is 0 Å². The molecule has 0 amide bonds. The predicted molar refractivity (Wildman–Crippen MR) is 67.7 cm³/mol. The molecule has 1 aliphatic heterocycles. The van der Waals surface area contributed by atoms with Gasteiger partial charge in [-0.05, 0) is 27.2 Å². The van der Waals surface area contributed by atoms with E-state index in [4.69, 9.17) is 14.3 Å². The summed E-state index contributed by atoms with van der Waals surface area (Å²) in [4.78, 5) is 17.6. The van der Waals surface area contributed by atoms with Crippen molar-refractivity contribution in [3.05, 3.63) is 0 Å². The highest BCUT2D eigenvalue weighted by Crippen LogP contribution is 2.33. The molecule has 6 heteroatoms. The Kier molecular flexibility index (Phi) is 5.74. The minimum Gasteiger partial charge on any atom is -0.373 e. The molecule has 0 aliphatic carbocycles. The number of carbonyl (C=O) groups is 1. The molecule has 1 unspecified atom stereocenters. The molecule has 1 saturated heterocycles. The third-order valence-corrected chi connectivity index (χ3v) is 3.64. The predicted octanol–water partition coefficient (Wildman–Crippen LogP) is -0.327. The standard InChI is InChI=1S/C11H23NO4Si/c1-4-14-9-7-8-12(16-6-3)11(9,10(13)17)15-5-2/h9H,4-8H2,1-3,17H3/t9?,11-/m1/s1. The van der Waals surface area contributed by atoms with E-state index in [1.807, 2.05) is 20.8 Å². The molecule has 0 N–H and O–H groups in total. The maximum absolute atomic E-state index is 12.1. The van der Waals surface area contributed by atoms with E-state index in [0.29, 0.717) is 36.6 Å². The summed E-state index contributed by atoms with van der Waals surface area (Å²) in [6, 6.07) is 0. The topological polar surface area (TPSA) is 48.0 Å². The van der Waals surface area contributed by atoms with Crippen molar-refractivity contribution in [1.82, 2.24) is 5.06 Å². The minimum atomic E-state index is -1.01. The van der Waals surface area contributed by atoms with E-state index in [1.165, 1.54) is 0 Å². The fourth-order valence-electron chi connectivity index (χ4n) is 2.36. The smallest absolute Gasteiger partial charge is 0.223 e. The van der Waals surface area contributed by atoms with Gasteiger partial charge in [-0.1, -0.05) is 0 Å². The Morgan fingerprint density at radius 3 is 2.53 bits per heavy atom. The van der Waals surface area contributed by atoms with Crippen LogP contribution in [0.3, 0.4) is 0 Å². The lowest BCUT2D eigenvalue weighted by molar-refractivity contribution is -0.291. The Morgan fingerprint density at radius 1 is 1.35 bits per heavy atom. The summed E-state index contributed by atoms with van der Waals surface area (Å²) >= 11 is 0. The van der Waals surface area contributed by atoms with Gasteiger partial charge in [0.1, 0.15) is 6.10 Å². The summed E-state index contributed by atoms with van der Waals surface area (Å²) in [7, 11) is 0.425. The molecule has 0 aromatic heterocycles. The highest BCUT2D eigenvalue weighted by atomic mass is 28.1. The molecule has 0 aromatic rings. The zero-order valence-corrected chi connectivity index (χ0v) is 13.2. The maximum Gasteiger partial charge on any atom is 0.223 e. The first-order valence-electron chi connectivity index (χ1n) is 6.30. The number of carbonyl (C=O) groups excluding carboxylic acids is 1. The number of rotatable bonds is 7. The van der Waals surface area contributed by atoms with Crippen molar-refractivity contribution in [2.75, 3.05) is 26.4 Å². The van der Waals surface area contributed by atoms with E-state index in [2.05, 4.69) is 0 Å². The third-order valence-electron chi connectivity index (χ3n) is 2.92. The van der Waals surface area contributed by atoms with Gasteiger partial charge >= 0.3 is 0 Å². The summed E-state index contributed by atoms with van der Waals surface area (Å²) in [6.07, 6.45) is 0.547. The van der Waals surface area contributed by atoms with Crippen LogP contribution in [0.4, 0.5) is 0 Å². The van der Waals surface area contributed by atoms with Crippen LogP contribution in [0.1, 0.15) is 27.2 Å². The van der Waals surface area contributed by atoms with Gasteiger partial charge in [-0.3, -0.25) is 4.84 Å². The van der Waals surface area contributed by atoms with Crippen LogP contribution in [0.5, 0.6) is 0 Å². The van der Waals surface area contributed by atoms with Crippen LogP contribution >= 0.6 is 0 Å². The van der Waals surface area contributed by atoms with Gasteiger partial charge in [0, 0.05) is 19.8 Å². The van der Waals surface area contributed by atoms with Crippen LogP contribution in [-0.2, 0) is 19.1 Å². The van der Waals surface area contributed by atoms with Crippen LogP contribution in [0, 0.1) is 0 Å². The Hall–Kier alpha value is -0.273. The summed E-state index contributed by atoms with van der Waals surface area (Å²) in [6.45, 7) is 7.97. The molecule has 5 nitrogen and oxygen atoms in total. The fraction of sp³-hybridized carbons (Fsp3) is 0.909. The van der Waals surface area contributed by atoms with Gasteiger partial charge in [-0.25, -0.2) is 0 Å². The first-order chi connectivity index (χ1) is 8.13. The van der Waals surface area contributed by atoms with Crippen molar-refractivity contribution >= 4 is 15.6 Å². The second-order valence-corrected chi connectivity index (χ2v) is 4.85. The fourth-order valence-corrected chi connectivity index (χ4v) is 3.08. The molecular formula is C11H23NO4Si. The van der Waals surface area contributed by atoms with Crippen LogP contribution in [-0.4, -0.2) is 58.9 Å². The van der Waals surface area contributed by atoms with Crippen LogP contribution in [0.2, 0.25) is 0 Å². The molecular weight excluding hydrogens is 238 g/mol. The van der Waals surface area contributed by atoms with Crippen molar-refractivity contribution in [3.63, 3.8) is 0 Å². The lowest BCUT2D eigenvalue weighted by Gasteiger charge is -2.38. The molecule has 17 heavy (non-hydrogen) atoms. The van der Waals surface area contributed by atoms with E-state index in [1.54, 1.807) is 5.06 Å². The van der Waals surface area contributed by atoms with E-state index >= 15 is 0 Å². The van der Waals surface area contributed by atoms with Gasteiger partial charge in [-0.15, -0.1) is 5.06 Å². The normalized spacial score (nSPS) is 29.9. The van der Waals surface area contributed by atoms with Gasteiger partial charge in [0.25, 0.3) is 0 Å². The molecule has 0 radical (unpaired) electrons. The van der Waals surface area contributed by atoms with Crippen LogP contribution in [0.15, 0.2) is 0 Å². The first kappa shape index (κ1) is 14.8. The molecule has 0 bridgehead atoms. The average Bonchev–Trinajstić information content (AvgIpc) is 2.61. The van der Waals surface area contributed by atoms with Crippen molar-refractivity contribution < 1.29 is 19.1 Å². The lowest BCUT2D eigenvalue weighted by Crippen LogP contribution is -2.59. The second-order valence-electron chi connectivity index (χ2n) is 3.94. The number of ether oxygens (including phenoxy) is 2. The van der Waals surface area contributed by atoms with E-state index in [9.17, 15) is 4.79 Å². The third kappa shape index (κ3) is 2.77. The van der Waals surface area contributed by atoms with Gasteiger partial charge < -0.3 is 14.3 Å². The SMILES string of the molecule is CCOC1CCN(OCC)[C@]1(OCC)C(=O)[SiH3]. The van der Waals surface area contributed by atoms with Crippen molar-refractivity contribution in [2.24, 2.45) is 0 Å². The highest BCUT2D eigenvalue weighted by molar-refractivity contribution is 6.59. The quantitative estimate of drug-likeness (QED) is 0.588. The summed E-state index contributed by atoms with van der Waals surface area (Å²) in [5.41, 5.74) is -1.01. The minimum absolute atomic E-state index is 0.0729. The van der Waals surface area contributed by atoms with Gasteiger partial charge in [0.05, 0.1) is 16.8 Å². The number of hydroxylamine groups is 2. The summed E-state index contributed by atoms with van der Waals surface area (Å²) < 4.78 is 11.4. The van der Waals surface area contributed by atoms with Crippen LogP contribution in [0.25, 0.3) is 0 Å². The summed E-state index contributed by atoms with van der Waals surface area (Å²) in [5, 5.41) is 1.75. The Balaban J connectivity index is 2.97. The lowest BCUT2D eigenvalue weighted by atomic mass is 10.1. The van der Waals surface area contributed by atoms with Crippen LogP contribution < -0.4 is 0 Å². The molecule has 2 atom stereocenters.